The number of carbonyl (C=O) groups is 2. The van der Waals surface area contributed by atoms with E-state index in [0.29, 0.717) is 5.56 Å². The van der Waals surface area contributed by atoms with Crippen molar-refractivity contribution in [1.82, 2.24) is 5.32 Å². The molecule has 0 saturated carbocycles. The molecule has 1 aromatic carbocycles. The Balaban J connectivity index is 2.60. The van der Waals surface area contributed by atoms with Crippen LogP contribution in [0.5, 0.6) is 0 Å². The summed E-state index contributed by atoms with van der Waals surface area (Å²) in [6.45, 7) is -1.46. The van der Waals surface area contributed by atoms with Gasteiger partial charge in [-0.2, -0.15) is 0 Å². The van der Waals surface area contributed by atoms with Crippen LogP contribution in [0.1, 0.15) is 11.7 Å². The molecule has 1 rings (SSSR count). The molecule has 0 unspecified atom stereocenters. The third-order valence-electron chi connectivity index (χ3n) is 1.85. The highest BCUT2D eigenvalue weighted by atomic mass is 16.5. The van der Waals surface area contributed by atoms with Gasteiger partial charge in [0, 0.05) is 5.56 Å². The van der Waals surface area contributed by atoms with Crippen LogP contribution in [0.4, 0.5) is 0 Å². The zero-order chi connectivity index (χ0) is 12.8. The Hall–Kier alpha value is -1.88. The van der Waals surface area contributed by atoms with Crippen LogP contribution < -0.4 is 5.32 Å². The normalized spacial score (nSPS) is 14.5. The van der Waals surface area contributed by atoms with E-state index in [2.05, 4.69) is 10.1 Å². The third-order valence-corrected chi connectivity index (χ3v) is 1.85. The standard InChI is InChI=1S/C11H13NO4/c1-16-11(15)9(13)7-12-10(14)8-5-3-2-4-6-8/h2-6,9,13H,7H2,1H3,(H,12,14)/t9-/m0/s1/i7D/t7-,9+/m1. The van der Waals surface area contributed by atoms with Crippen molar-refractivity contribution in [2.75, 3.05) is 13.6 Å². The first-order chi connectivity index (χ1) is 8.06. The number of aliphatic hydroxyl groups is 1. The van der Waals surface area contributed by atoms with Gasteiger partial charge in [0.2, 0.25) is 0 Å². The average molecular weight is 224 g/mol. The topological polar surface area (TPSA) is 75.6 Å². The molecule has 0 bridgehead atoms. The number of aliphatic hydroxyl groups excluding tert-OH is 1. The van der Waals surface area contributed by atoms with Crippen molar-refractivity contribution < 1.29 is 20.8 Å². The second kappa shape index (κ2) is 5.87. The fourth-order valence-electron chi connectivity index (χ4n) is 1.02. The number of hydrogen-bond acceptors (Lipinski definition) is 4. The Kier molecular flexibility index (Phi) is 3.90. The van der Waals surface area contributed by atoms with E-state index in [1.54, 1.807) is 30.3 Å². The first-order valence-electron chi connectivity index (χ1n) is 5.18. The summed E-state index contributed by atoms with van der Waals surface area (Å²) in [5.41, 5.74) is 0.349. The van der Waals surface area contributed by atoms with Crippen molar-refractivity contribution in [3.63, 3.8) is 0 Å². The SMILES string of the molecule is [2H][C@@H](NC(=O)c1ccccc1)[C@H](O)C(=O)OC. The van der Waals surface area contributed by atoms with Gasteiger partial charge < -0.3 is 15.2 Å². The van der Waals surface area contributed by atoms with E-state index in [0.717, 1.165) is 7.11 Å². The monoisotopic (exact) mass is 224 g/mol. The van der Waals surface area contributed by atoms with Crippen LogP contribution >= 0.6 is 0 Å². The summed E-state index contributed by atoms with van der Waals surface area (Å²) in [6.07, 6.45) is -1.70. The number of methoxy groups -OCH3 is 1. The maximum Gasteiger partial charge on any atom is 0.336 e. The molecule has 0 aliphatic carbocycles. The number of carbonyl (C=O) groups excluding carboxylic acids is 2. The van der Waals surface area contributed by atoms with Crippen LogP contribution in [0.15, 0.2) is 30.3 Å². The highest BCUT2D eigenvalue weighted by molar-refractivity contribution is 5.94. The fraction of sp³-hybridized carbons (Fsp3) is 0.273. The highest BCUT2D eigenvalue weighted by Gasteiger charge is 2.16. The Morgan fingerprint density at radius 1 is 1.50 bits per heavy atom. The largest absolute Gasteiger partial charge is 0.467 e. The van der Waals surface area contributed by atoms with E-state index < -0.39 is 24.5 Å². The van der Waals surface area contributed by atoms with Crippen molar-refractivity contribution in [3.8, 4) is 0 Å². The van der Waals surface area contributed by atoms with Gasteiger partial charge in [0.25, 0.3) is 5.91 Å². The number of benzene rings is 1. The Morgan fingerprint density at radius 2 is 2.12 bits per heavy atom. The van der Waals surface area contributed by atoms with Crippen LogP contribution in [0, 0.1) is 0 Å². The van der Waals surface area contributed by atoms with Crippen LogP contribution in [0.3, 0.4) is 0 Å². The summed E-state index contributed by atoms with van der Waals surface area (Å²) >= 11 is 0. The molecule has 0 heterocycles. The molecule has 2 N–H and O–H groups in total. The lowest BCUT2D eigenvalue weighted by Crippen LogP contribution is -2.37. The van der Waals surface area contributed by atoms with Gasteiger partial charge >= 0.3 is 5.97 Å². The Labute approximate surface area is 94.4 Å². The third kappa shape index (κ3) is 3.36. The quantitative estimate of drug-likeness (QED) is 0.703. The lowest BCUT2D eigenvalue weighted by atomic mass is 10.2. The smallest absolute Gasteiger partial charge is 0.336 e. The van der Waals surface area contributed by atoms with E-state index in [-0.39, 0.29) is 0 Å². The molecule has 1 amide bonds. The maximum absolute atomic E-state index is 11.6. The minimum atomic E-state index is -1.70. The summed E-state index contributed by atoms with van der Waals surface area (Å²) in [6, 6.07) is 8.21. The van der Waals surface area contributed by atoms with Crippen molar-refractivity contribution in [1.29, 1.82) is 0 Å². The van der Waals surface area contributed by atoms with Gasteiger partial charge in [-0.15, -0.1) is 0 Å². The highest BCUT2D eigenvalue weighted by Crippen LogP contribution is 1.97. The van der Waals surface area contributed by atoms with E-state index in [4.69, 9.17) is 1.37 Å². The van der Waals surface area contributed by atoms with Crippen LogP contribution in [0.25, 0.3) is 0 Å². The minimum Gasteiger partial charge on any atom is -0.467 e. The molecule has 16 heavy (non-hydrogen) atoms. The van der Waals surface area contributed by atoms with Gasteiger partial charge in [0.05, 0.1) is 15.0 Å². The Morgan fingerprint density at radius 3 is 2.69 bits per heavy atom. The molecule has 0 aliphatic rings. The average Bonchev–Trinajstić information content (AvgIpc) is 2.37. The molecular formula is C11H13NO4. The predicted octanol–water partition coefficient (Wildman–Crippen LogP) is -0.0497. The van der Waals surface area contributed by atoms with Gasteiger partial charge in [0.15, 0.2) is 6.10 Å². The first kappa shape index (κ1) is 10.6. The Bertz CT molecular complexity index is 396. The van der Waals surface area contributed by atoms with Gasteiger partial charge in [-0.25, -0.2) is 4.79 Å². The molecule has 1 aromatic rings. The molecule has 5 heteroatoms. The number of rotatable bonds is 4. The summed E-state index contributed by atoms with van der Waals surface area (Å²) in [7, 11) is 1.09. The molecule has 2 atom stereocenters. The minimum absolute atomic E-state index is 0.349. The van der Waals surface area contributed by atoms with E-state index in [1.807, 2.05) is 0 Å². The predicted molar refractivity (Wildman–Crippen MR) is 56.8 cm³/mol. The number of hydrogen-bond donors (Lipinski definition) is 2. The first-order valence-corrected chi connectivity index (χ1v) is 4.60. The van der Waals surface area contributed by atoms with E-state index in [1.165, 1.54) is 0 Å². The molecule has 0 radical (unpaired) electrons. The number of nitrogens with one attached hydrogen (secondary N) is 1. The fourth-order valence-corrected chi connectivity index (χ4v) is 1.02. The lowest BCUT2D eigenvalue weighted by molar-refractivity contribution is -0.149. The molecule has 0 spiro atoms. The van der Waals surface area contributed by atoms with E-state index >= 15 is 0 Å². The second-order valence-electron chi connectivity index (χ2n) is 2.97. The van der Waals surface area contributed by atoms with Crippen LogP contribution in [0.2, 0.25) is 0 Å². The molecule has 0 aliphatic heterocycles. The van der Waals surface area contributed by atoms with Crippen molar-refractivity contribution >= 4 is 11.9 Å². The van der Waals surface area contributed by atoms with E-state index in [9.17, 15) is 14.7 Å². The zero-order valence-electron chi connectivity index (χ0n) is 9.71. The van der Waals surface area contributed by atoms with Crippen molar-refractivity contribution in [2.45, 2.75) is 6.10 Å². The van der Waals surface area contributed by atoms with Crippen molar-refractivity contribution in [3.05, 3.63) is 35.9 Å². The lowest BCUT2D eigenvalue weighted by Gasteiger charge is -2.09. The van der Waals surface area contributed by atoms with Gasteiger partial charge in [0.1, 0.15) is 0 Å². The van der Waals surface area contributed by atoms with Crippen molar-refractivity contribution in [2.24, 2.45) is 0 Å². The summed E-state index contributed by atoms with van der Waals surface area (Å²) in [5, 5.41) is 11.5. The summed E-state index contributed by atoms with van der Waals surface area (Å²) < 4.78 is 11.7. The molecule has 0 saturated heterocycles. The van der Waals surface area contributed by atoms with Crippen LogP contribution in [-0.4, -0.2) is 36.7 Å². The zero-order valence-corrected chi connectivity index (χ0v) is 8.71. The van der Waals surface area contributed by atoms with Gasteiger partial charge in [-0.05, 0) is 12.1 Å². The summed E-state index contributed by atoms with van der Waals surface area (Å²) in [5.74, 6) is -1.49. The molecule has 86 valence electrons. The number of amides is 1. The maximum atomic E-state index is 11.6. The second-order valence-corrected chi connectivity index (χ2v) is 2.97. The number of esters is 1. The van der Waals surface area contributed by atoms with Crippen LogP contribution in [-0.2, 0) is 9.53 Å². The van der Waals surface area contributed by atoms with Gasteiger partial charge in [-0.3, -0.25) is 4.79 Å². The molecular weight excluding hydrogens is 210 g/mol. The van der Waals surface area contributed by atoms with Gasteiger partial charge in [-0.1, -0.05) is 18.2 Å². The molecule has 5 nitrogen and oxygen atoms in total. The molecule has 0 fully saturated rings. The molecule has 0 aromatic heterocycles. The summed E-state index contributed by atoms with van der Waals surface area (Å²) in [4.78, 5) is 22.5. The number of ether oxygens (including phenoxy) is 1.